The topological polar surface area (TPSA) is 74.1 Å². The molecular weight excluding hydrogens is 393 g/mol. The summed E-state index contributed by atoms with van der Waals surface area (Å²) in [4.78, 5) is 33.4. The van der Waals surface area contributed by atoms with E-state index < -0.39 is 17.2 Å². The van der Waals surface area contributed by atoms with Gasteiger partial charge in [-0.3, -0.25) is 9.36 Å². The number of para-hydroxylation sites is 1. The fraction of sp³-hybridized carbons (Fsp3) is 0.111. The highest BCUT2D eigenvalue weighted by Gasteiger charge is 2.21. The Balaban J connectivity index is 2.08. The number of fused-ring (bicyclic) bond motifs is 2. The van der Waals surface area contributed by atoms with Crippen LogP contribution in [0.15, 0.2) is 41.3 Å². The van der Waals surface area contributed by atoms with Gasteiger partial charge < -0.3 is 4.74 Å². The molecule has 0 aliphatic carbocycles. The van der Waals surface area contributed by atoms with Crippen LogP contribution in [0.2, 0.25) is 5.15 Å². The summed E-state index contributed by atoms with van der Waals surface area (Å²) in [5, 5.41) is 0.00396. The Bertz CT molecular complexity index is 1240. The molecule has 0 spiro atoms. The first kappa shape index (κ1) is 17.6. The van der Waals surface area contributed by atoms with Gasteiger partial charge in [0.15, 0.2) is 21.7 Å². The molecule has 0 bridgehead atoms. The first-order valence-electron chi connectivity index (χ1n) is 7.94. The van der Waals surface area contributed by atoms with Gasteiger partial charge in [0.25, 0.3) is 0 Å². The van der Waals surface area contributed by atoms with Crippen molar-refractivity contribution in [2.75, 3.05) is 6.61 Å². The van der Waals surface area contributed by atoms with E-state index in [1.165, 1.54) is 22.1 Å². The maximum atomic E-state index is 13.9. The fourth-order valence-electron chi connectivity index (χ4n) is 2.67. The molecule has 0 atom stereocenters. The number of hydrogen-bond donors (Lipinski definition) is 0. The summed E-state index contributed by atoms with van der Waals surface area (Å²) < 4.78 is 21.3. The monoisotopic (exact) mass is 403 g/mol. The van der Waals surface area contributed by atoms with E-state index in [-0.39, 0.29) is 28.4 Å². The molecule has 9 heteroatoms. The molecule has 0 saturated carbocycles. The van der Waals surface area contributed by atoms with Crippen molar-refractivity contribution in [3.8, 4) is 5.13 Å². The number of halogens is 2. The van der Waals surface area contributed by atoms with E-state index in [9.17, 15) is 14.0 Å². The van der Waals surface area contributed by atoms with E-state index in [1.54, 1.807) is 6.92 Å². The lowest BCUT2D eigenvalue weighted by atomic mass is 10.2. The number of pyridine rings is 2. The summed E-state index contributed by atoms with van der Waals surface area (Å²) in [5.41, 5.74) is -0.0512. The Hall–Kier alpha value is -2.84. The van der Waals surface area contributed by atoms with E-state index in [1.807, 2.05) is 24.3 Å². The van der Waals surface area contributed by atoms with Crippen molar-refractivity contribution in [2.24, 2.45) is 0 Å². The Morgan fingerprint density at radius 3 is 2.85 bits per heavy atom. The predicted molar refractivity (Wildman–Crippen MR) is 101 cm³/mol. The van der Waals surface area contributed by atoms with Gasteiger partial charge in [-0.05, 0) is 25.1 Å². The number of nitrogens with zero attached hydrogens (tertiary/aromatic N) is 3. The van der Waals surface area contributed by atoms with Crippen LogP contribution in [-0.2, 0) is 4.74 Å². The van der Waals surface area contributed by atoms with Crippen LogP contribution < -0.4 is 5.43 Å². The largest absolute Gasteiger partial charge is 0.462 e. The average Bonchev–Trinajstić information content (AvgIpc) is 3.07. The minimum atomic E-state index is -0.849. The van der Waals surface area contributed by atoms with Crippen molar-refractivity contribution in [3.63, 3.8) is 0 Å². The number of benzene rings is 1. The molecule has 4 rings (SSSR count). The molecular formula is C18H11ClFN3O3S. The van der Waals surface area contributed by atoms with Crippen LogP contribution in [0.4, 0.5) is 4.39 Å². The van der Waals surface area contributed by atoms with E-state index >= 15 is 0 Å². The molecule has 3 heterocycles. The Morgan fingerprint density at radius 2 is 2.11 bits per heavy atom. The van der Waals surface area contributed by atoms with E-state index in [0.717, 1.165) is 16.3 Å². The zero-order valence-corrected chi connectivity index (χ0v) is 15.5. The van der Waals surface area contributed by atoms with Gasteiger partial charge >= 0.3 is 5.97 Å². The van der Waals surface area contributed by atoms with Crippen molar-refractivity contribution >= 4 is 50.2 Å². The number of aromatic nitrogens is 3. The van der Waals surface area contributed by atoms with Crippen molar-refractivity contribution in [3.05, 3.63) is 63.3 Å². The Kier molecular flexibility index (Phi) is 4.37. The Labute approximate surface area is 160 Å². The Morgan fingerprint density at radius 1 is 1.33 bits per heavy atom. The molecule has 1 aromatic carbocycles. The molecule has 0 unspecified atom stereocenters. The summed E-state index contributed by atoms with van der Waals surface area (Å²) >= 11 is 7.16. The summed E-state index contributed by atoms with van der Waals surface area (Å²) in [7, 11) is 0. The van der Waals surface area contributed by atoms with Crippen LogP contribution in [0.3, 0.4) is 0 Å². The lowest BCUT2D eigenvalue weighted by Crippen LogP contribution is -2.21. The molecule has 0 saturated heterocycles. The summed E-state index contributed by atoms with van der Waals surface area (Å²) in [6, 6.07) is 8.44. The molecule has 0 aliphatic heterocycles. The van der Waals surface area contributed by atoms with Gasteiger partial charge in [-0.2, -0.15) is 0 Å². The van der Waals surface area contributed by atoms with Crippen molar-refractivity contribution in [1.29, 1.82) is 0 Å². The molecule has 136 valence electrons. The predicted octanol–water partition coefficient (Wildman–Crippen LogP) is 3.96. The molecule has 0 N–H and O–H groups in total. The highest BCUT2D eigenvalue weighted by Crippen LogP contribution is 2.27. The van der Waals surface area contributed by atoms with Crippen LogP contribution in [0.1, 0.15) is 17.3 Å². The molecule has 3 aromatic heterocycles. The first-order chi connectivity index (χ1) is 13.0. The quantitative estimate of drug-likeness (QED) is 0.382. The average molecular weight is 404 g/mol. The molecule has 6 nitrogen and oxygen atoms in total. The third kappa shape index (κ3) is 2.96. The van der Waals surface area contributed by atoms with Crippen LogP contribution in [0, 0.1) is 5.82 Å². The first-order valence-corrected chi connectivity index (χ1v) is 9.13. The number of thiazole rings is 1. The number of hydrogen-bond acceptors (Lipinski definition) is 6. The molecule has 0 aliphatic rings. The number of carbonyl (C=O) groups is 1. The summed E-state index contributed by atoms with van der Waals surface area (Å²) in [6.45, 7) is 1.73. The van der Waals surface area contributed by atoms with E-state index in [4.69, 9.17) is 16.3 Å². The maximum absolute atomic E-state index is 13.9. The third-order valence-corrected chi connectivity index (χ3v) is 5.17. The standard InChI is InChI=1S/C18H11ClFN3O3S/c1-2-26-17(25)10-8-23(18-21-12-5-3-4-6-13(12)27-18)16-9(14(10)24)7-11(20)15(19)22-16/h3-8H,2H2,1H3. The van der Waals surface area contributed by atoms with E-state index in [0.29, 0.717) is 5.13 Å². The van der Waals surface area contributed by atoms with Crippen molar-refractivity contribution in [1.82, 2.24) is 14.5 Å². The molecule has 0 fully saturated rings. The van der Waals surface area contributed by atoms with Gasteiger partial charge in [-0.15, -0.1) is 0 Å². The second-order valence-electron chi connectivity index (χ2n) is 5.56. The molecule has 0 radical (unpaired) electrons. The number of rotatable bonds is 3. The van der Waals surface area contributed by atoms with Crippen LogP contribution >= 0.6 is 22.9 Å². The SMILES string of the molecule is CCOC(=O)c1cn(-c2nc3ccccc3s2)c2nc(Cl)c(F)cc2c1=O. The zero-order chi connectivity index (χ0) is 19.1. The fourth-order valence-corrected chi connectivity index (χ4v) is 3.74. The minimum absolute atomic E-state index is 0.0818. The van der Waals surface area contributed by atoms with Gasteiger partial charge in [-0.1, -0.05) is 35.1 Å². The van der Waals surface area contributed by atoms with Crippen LogP contribution in [0.5, 0.6) is 0 Å². The van der Waals surface area contributed by atoms with Crippen molar-refractivity contribution < 1.29 is 13.9 Å². The second-order valence-corrected chi connectivity index (χ2v) is 6.93. The number of esters is 1. The molecule has 0 amide bonds. The lowest BCUT2D eigenvalue weighted by Gasteiger charge is -2.10. The van der Waals surface area contributed by atoms with Gasteiger partial charge in [0.2, 0.25) is 5.43 Å². The van der Waals surface area contributed by atoms with Gasteiger partial charge in [0.1, 0.15) is 5.56 Å². The second kappa shape index (κ2) is 6.71. The van der Waals surface area contributed by atoms with Crippen molar-refractivity contribution in [2.45, 2.75) is 6.92 Å². The summed E-state index contributed by atoms with van der Waals surface area (Å²) in [5.74, 6) is -1.65. The normalized spacial score (nSPS) is 11.2. The zero-order valence-electron chi connectivity index (χ0n) is 13.9. The molecule has 4 aromatic rings. The highest BCUT2D eigenvalue weighted by atomic mass is 35.5. The highest BCUT2D eigenvalue weighted by molar-refractivity contribution is 7.20. The molecule has 27 heavy (non-hydrogen) atoms. The van der Waals surface area contributed by atoms with Crippen LogP contribution in [0.25, 0.3) is 26.4 Å². The lowest BCUT2D eigenvalue weighted by molar-refractivity contribution is 0.0524. The van der Waals surface area contributed by atoms with Crippen LogP contribution in [-0.4, -0.2) is 27.1 Å². The minimum Gasteiger partial charge on any atom is -0.462 e. The summed E-state index contributed by atoms with van der Waals surface area (Å²) in [6.07, 6.45) is 1.31. The number of carbonyl (C=O) groups excluding carboxylic acids is 1. The number of ether oxygens (including phenoxy) is 1. The smallest absolute Gasteiger partial charge is 0.343 e. The van der Waals surface area contributed by atoms with E-state index in [2.05, 4.69) is 9.97 Å². The van der Waals surface area contributed by atoms with Gasteiger partial charge in [-0.25, -0.2) is 19.2 Å². The van der Waals surface area contributed by atoms with Gasteiger partial charge in [0, 0.05) is 6.20 Å². The third-order valence-electron chi connectivity index (χ3n) is 3.87. The maximum Gasteiger partial charge on any atom is 0.343 e. The van der Waals surface area contributed by atoms with Gasteiger partial charge in [0.05, 0.1) is 22.2 Å².